The van der Waals surface area contributed by atoms with Crippen molar-refractivity contribution in [3.63, 3.8) is 0 Å². The Morgan fingerprint density at radius 3 is 3.00 bits per heavy atom. The van der Waals surface area contributed by atoms with Gasteiger partial charge in [0.2, 0.25) is 5.95 Å². The molecule has 2 atom stereocenters. The van der Waals surface area contributed by atoms with E-state index < -0.39 is 0 Å². The highest BCUT2D eigenvalue weighted by molar-refractivity contribution is 5.75. The number of aliphatic hydroxyl groups is 1. The predicted octanol–water partition coefficient (Wildman–Crippen LogP) is 1.10. The third-order valence-electron chi connectivity index (χ3n) is 4.01. The Morgan fingerprint density at radius 1 is 1.41 bits per heavy atom. The summed E-state index contributed by atoms with van der Waals surface area (Å²) in [5.41, 5.74) is 8.27. The van der Waals surface area contributed by atoms with Crippen molar-refractivity contribution in [2.24, 2.45) is 5.92 Å². The Balaban J connectivity index is 1.92. The number of nitrogens with two attached hydrogens (primary N) is 1. The maximum absolute atomic E-state index is 9.27. The lowest BCUT2D eigenvalue weighted by molar-refractivity contribution is 0.195. The van der Waals surface area contributed by atoms with E-state index in [0.717, 1.165) is 36.1 Å². The molecule has 0 fully saturated rings. The van der Waals surface area contributed by atoms with Crippen molar-refractivity contribution in [1.29, 1.82) is 0 Å². The fourth-order valence-electron chi connectivity index (χ4n) is 2.89. The summed E-state index contributed by atoms with van der Waals surface area (Å²) in [6, 6.07) is 0.156. The van der Waals surface area contributed by atoms with E-state index in [2.05, 4.69) is 21.0 Å². The first kappa shape index (κ1) is 14.9. The second-order valence-electron chi connectivity index (χ2n) is 5.58. The van der Waals surface area contributed by atoms with Crippen molar-refractivity contribution in [1.82, 2.24) is 19.5 Å². The van der Waals surface area contributed by atoms with Crippen LogP contribution in [0.1, 0.15) is 24.6 Å². The molecule has 0 bridgehead atoms. The normalized spacial score (nSPS) is 21.0. The van der Waals surface area contributed by atoms with Gasteiger partial charge < -0.3 is 20.1 Å². The van der Waals surface area contributed by atoms with Crippen LogP contribution in [0.25, 0.3) is 11.2 Å². The molecule has 3 N–H and O–H groups in total. The number of methoxy groups -OCH3 is 1. The summed E-state index contributed by atoms with van der Waals surface area (Å²) in [6.45, 7) is 0.842. The number of ether oxygens (including phenoxy) is 1. The topological polar surface area (TPSA) is 99.1 Å². The highest BCUT2D eigenvalue weighted by atomic mass is 16.5. The third kappa shape index (κ3) is 2.82. The number of hydrogen-bond donors (Lipinski definition) is 2. The molecule has 7 nitrogen and oxygen atoms in total. The van der Waals surface area contributed by atoms with Crippen LogP contribution in [-0.4, -0.2) is 44.9 Å². The second-order valence-corrected chi connectivity index (χ2v) is 5.58. The van der Waals surface area contributed by atoms with Gasteiger partial charge in [-0.3, -0.25) is 0 Å². The van der Waals surface area contributed by atoms with Crippen LogP contribution in [0.4, 0.5) is 5.95 Å². The Morgan fingerprint density at radius 2 is 2.27 bits per heavy atom. The number of nitrogens with zero attached hydrogens (tertiary/aromatic N) is 4. The molecule has 0 saturated heterocycles. The molecule has 0 saturated carbocycles. The zero-order valence-corrected chi connectivity index (χ0v) is 12.6. The number of hydrogen-bond acceptors (Lipinski definition) is 6. The summed E-state index contributed by atoms with van der Waals surface area (Å²) in [7, 11) is 1.68. The van der Waals surface area contributed by atoms with Gasteiger partial charge >= 0.3 is 0 Å². The highest BCUT2D eigenvalue weighted by Gasteiger charge is 2.22. The molecule has 22 heavy (non-hydrogen) atoms. The average molecular weight is 303 g/mol. The number of aliphatic hydroxyl groups excluding tert-OH is 1. The second kappa shape index (κ2) is 6.41. The molecule has 3 rings (SSSR count). The summed E-state index contributed by atoms with van der Waals surface area (Å²) >= 11 is 0. The van der Waals surface area contributed by atoms with Gasteiger partial charge in [0.15, 0.2) is 5.65 Å². The molecule has 2 aromatic heterocycles. The number of fused-ring (bicyclic) bond motifs is 1. The SMILES string of the molecule is COCCCc1nc(N)nc2c1ncn2[C@H]1C=C[C@@H](CO)C1. The molecule has 0 aliphatic heterocycles. The number of imidazole rings is 1. The van der Waals surface area contributed by atoms with Gasteiger partial charge in [0.1, 0.15) is 5.52 Å². The summed E-state index contributed by atoms with van der Waals surface area (Å²) in [6.07, 6.45) is 8.39. The van der Waals surface area contributed by atoms with Crippen LogP contribution in [0.5, 0.6) is 0 Å². The largest absolute Gasteiger partial charge is 0.396 e. The van der Waals surface area contributed by atoms with E-state index in [9.17, 15) is 5.11 Å². The lowest BCUT2D eigenvalue weighted by Gasteiger charge is -2.13. The smallest absolute Gasteiger partial charge is 0.222 e. The summed E-state index contributed by atoms with van der Waals surface area (Å²) in [4.78, 5) is 13.2. The van der Waals surface area contributed by atoms with Gasteiger partial charge in [0, 0.05) is 26.2 Å². The van der Waals surface area contributed by atoms with Crippen molar-refractivity contribution >= 4 is 17.1 Å². The minimum atomic E-state index is 0.156. The molecule has 0 radical (unpaired) electrons. The molecule has 7 heteroatoms. The Kier molecular flexibility index (Phi) is 4.35. The quantitative estimate of drug-likeness (QED) is 0.612. The lowest BCUT2D eigenvalue weighted by atomic mass is 10.1. The van der Waals surface area contributed by atoms with E-state index in [1.807, 2.05) is 10.6 Å². The van der Waals surface area contributed by atoms with Gasteiger partial charge in [-0.1, -0.05) is 12.2 Å². The van der Waals surface area contributed by atoms with Crippen LogP contribution in [-0.2, 0) is 11.2 Å². The van der Waals surface area contributed by atoms with E-state index in [4.69, 9.17) is 10.5 Å². The number of aromatic nitrogens is 4. The standard InChI is InChI=1S/C15H21N5O2/c1-22-6-2-3-12-13-14(19-15(16)18-12)20(9-17-13)11-5-4-10(7-11)8-21/h4-5,9-11,21H,2-3,6-8H2,1H3,(H2,16,18,19)/t10-,11+/m1/s1. The molecule has 0 aromatic carbocycles. The minimum Gasteiger partial charge on any atom is -0.396 e. The first-order chi connectivity index (χ1) is 10.7. The predicted molar refractivity (Wildman–Crippen MR) is 83.3 cm³/mol. The average Bonchev–Trinajstić information content (AvgIpc) is 3.13. The first-order valence-electron chi connectivity index (χ1n) is 7.50. The zero-order valence-electron chi connectivity index (χ0n) is 12.6. The lowest BCUT2D eigenvalue weighted by Crippen LogP contribution is -2.09. The van der Waals surface area contributed by atoms with E-state index in [1.54, 1.807) is 13.4 Å². The van der Waals surface area contributed by atoms with Crippen LogP contribution >= 0.6 is 0 Å². The van der Waals surface area contributed by atoms with E-state index >= 15 is 0 Å². The van der Waals surface area contributed by atoms with Crippen molar-refractivity contribution in [3.8, 4) is 0 Å². The van der Waals surface area contributed by atoms with Gasteiger partial charge in [-0.2, -0.15) is 4.98 Å². The zero-order chi connectivity index (χ0) is 15.5. The number of aryl methyl sites for hydroxylation is 1. The fraction of sp³-hybridized carbons (Fsp3) is 0.533. The molecule has 1 aliphatic rings. The number of allylic oxidation sites excluding steroid dienone is 1. The molecular formula is C15H21N5O2. The number of rotatable bonds is 6. The van der Waals surface area contributed by atoms with Gasteiger partial charge in [0.25, 0.3) is 0 Å². The van der Waals surface area contributed by atoms with E-state index in [1.165, 1.54) is 0 Å². The maximum Gasteiger partial charge on any atom is 0.222 e. The summed E-state index contributed by atoms with van der Waals surface area (Å²) in [5, 5.41) is 9.27. The molecule has 2 aromatic rings. The Hall–Kier alpha value is -1.99. The summed E-state index contributed by atoms with van der Waals surface area (Å²) in [5.74, 6) is 0.463. The Bertz CT molecular complexity index is 682. The number of nitrogen functional groups attached to an aromatic ring is 1. The van der Waals surface area contributed by atoms with Crippen LogP contribution in [0.3, 0.4) is 0 Å². The van der Waals surface area contributed by atoms with Gasteiger partial charge in [0.05, 0.1) is 18.1 Å². The van der Waals surface area contributed by atoms with Crippen LogP contribution in [0.2, 0.25) is 0 Å². The van der Waals surface area contributed by atoms with Crippen molar-refractivity contribution in [2.75, 3.05) is 26.1 Å². The van der Waals surface area contributed by atoms with Crippen molar-refractivity contribution in [2.45, 2.75) is 25.3 Å². The van der Waals surface area contributed by atoms with Crippen LogP contribution < -0.4 is 5.73 Å². The van der Waals surface area contributed by atoms with Gasteiger partial charge in [-0.15, -0.1) is 0 Å². The van der Waals surface area contributed by atoms with Crippen molar-refractivity contribution < 1.29 is 9.84 Å². The minimum absolute atomic E-state index is 0.156. The highest BCUT2D eigenvalue weighted by Crippen LogP contribution is 2.30. The molecule has 1 aliphatic carbocycles. The third-order valence-corrected chi connectivity index (χ3v) is 4.01. The molecule has 118 valence electrons. The first-order valence-corrected chi connectivity index (χ1v) is 7.50. The van der Waals surface area contributed by atoms with Gasteiger partial charge in [-0.05, 0) is 19.3 Å². The number of anilines is 1. The summed E-state index contributed by atoms with van der Waals surface area (Å²) < 4.78 is 7.10. The molecule has 2 heterocycles. The monoisotopic (exact) mass is 303 g/mol. The molecular weight excluding hydrogens is 282 g/mol. The maximum atomic E-state index is 9.27. The van der Waals surface area contributed by atoms with E-state index in [-0.39, 0.29) is 24.5 Å². The fourth-order valence-corrected chi connectivity index (χ4v) is 2.89. The molecule has 0 spiro atoms. The van der Waals surface area contributed by atoms with E-state index in [0.29, 0.717) is 6.61 Å². The van der Waals surface area contributed by atoms with Crippen molar-refractivity contribution in [3.05, 3.63) is 24.2 Å². The Labute approximate surface area is 128 Å². The van der Waals surface area contributed by atoms with Gasteiger partial charge in [-0.25, -0.2) is 9.97 Å². The molecule has 0 unspecified atom stereocenters. The van der Waals surface area contributed by atoms with Crippen LogP contribution in [0, 0.1) is 5.92 Å². The molecule has 0 amide bonds. The van der Waals surface area contributed by atoms with Crippen LogP contribution in [0.15, 0.2) is 18.5 Å².